The van der Waals surface area contributed by atoms with Crippen LogP contribution in [-0.2, 0) is 27.3 Å². The molecule has 5 aromatic rings. The van der Waals surface area contributed by atoms with Crippen molar-refractivity contribution in [3.8, 4) is 0 Å². The van der Waals surface area contributed by atoms with Gasteiger partial charge in [0, 0.05) is 54.6 Å². The third-order valence-electron chi connectivity index (χ3n) is 8.11. The Bertz CT molecular complexity index is 2000. The summed E-state index contributed by atoms with van der Waals surface area (Å²) < 4.78 is 7.48. The van der Waals surface area contributed by atoms with Crippen LogP contribution in [0.5, 0.6) is 0 Å². The second kappa shape index (κ2) is 12.3. The van der Waals surface area contributed by atoms with Crippen LogP contribution in [0, 0.1) is 0 Å². The average Bonchev–Trinajstić information content (AvgIpc) is 3.77. The van der Waals surface area contributed by atoms with Crippen molar-refractivity contribution < 1.29 is 28.4 Å². The summed E-state index contributed by atoms with van der Waals surface area (Å²) in [5.74, 6) is -1.99. The van der Waals surface area contributed by atoms with Gasteiger partial charge in [0.05, 0.1) is 16.8 Å². The van der Waals surface area contributed by atoms with E-state index in [9.17, 15) is 24.0 Å². The van der Waals surface area contributed by atoms with Gasteiger partial charge in [0.15, 0.2) is 0 Å². The Morgan fingerprint density at radius 3 is 2.72 bits per heavy atom. The number of furan rings is 1. The number of anilines is 1. The lowest BCUT2D eigenvalue weighted by Crippen LogP contribution is -2.54. The summed E-state index contributed by atoms with van der Waals surface area (Å²) in [7, 11) is 0. The van der Waals surface area contributed by atoms with Crippen LogP contribution >= 0.6 is 0 Å². The Morgan fingerprint density at radius 1 is 1.04 bits per heavy atom. The lowest BCUT2D eigenvalue weighted by Gasteiger charge is -2.27. The zero-order valence-electron chi connectivity index (χ0n) is 24.9. The van der Waals surface area contributed by atoms with Gasteiger partial charge in [0.1, 0.15) is 30.0 Å². The van der Waals surface area contributed by atoms with Gasteiger partial charge in [-0.25, -0.2) is 4.68 Å². The van der Waals surface area contributed by atoms with Gasteiger partial charge in [0.25, 0.3) is 11.8 Å². The average molecular weight is 633 g/mol. The molecule has 1 fully saturated rings. The molecule has 47 heavy (non-hydrogen) atoms. The molecule has 5 heterocycles. The summed E-state index contributed by atoms with van der Waals surface area (Å²) in [5, 5.41) is 17.6. The van der Waals surface area contributed by atoms with Crippen molar-refractivity contribution in [2.24, 2.45) is 0 Å². The molecule has 2 atom stereocenters. The lowest BCUT2D eigenvalue weighted by atomic mass is 10.0. The molecule has 236 valence electrons. The number of para-hydroxylation sites is 1. The molecule has 0 spiro atoms. The van der Waals surface area contributed by atoms with Crippen LogP contribution in [0.3, 0.4) is 0 Å². The molecular weight excluding hydrogens is 604 g/mol. The zero-order valence-corrected chi connectivity index (χ0v) is 24.9. The van der Waals surface area contributed by atoms with Crippen molar-refractivity contribution in [2.75, 3.05) is 11.9 Å². The molecule has 14 nitrogen and oxygen atoms in total. The number of imide groups is 2. The number of nitrogens with one attached hydrogen (secondary N) is 3. The standard InChI is InChI=1S/C33H28N8O6/c42-27-11-10-24(31(44)37-27)41-32(45)22-7-3-8-23(29(22)33(41)46)35-14-12-21-17-40(39-38-21)18-28(43)36-30(20-6-4-13-34-16-20)26-15-19-5-1-2-9-25(19)47-26/h1-9,13,15-17,24,30,35H,10-12,14,18H2,(H,36,43)(H,37,42,44). The number of pyridine rings is 1. The molecule has 2 aromatic carbocycles. The number of carbonyl (C=O) groups excluding carboxylic acids is 5. The van der Waals surface area contributed by atoms with Crippen LogP contribution < -0.4 is 16.0 Å². The Kier molecular flexibility index (Phi) is 7.73. The fourth-order valence-electron chi connectivity index (χ4n) is 5.88. The molecule has 14 heteroatoms. The highest BCUT2D eigenvalue weighted by Gasteiger charge is 2.45. The van der Waals surface area contributed by atoms with E-state index >= 15 is 0 Å². The van der Waals surface area contributed by atoms with E-state index in [2.05, 4.69) is 31.2 Å². The molecule has 3 N–H and O–H groups in total. The van der Waals surface area contributed by atoms with Gasteiger partial charge in [-0.3, -0.25) is 39.2 Å². The van der Waals surface area contributed by atoms with Crippen LogP contribution in [-0.4, -0.2) is 67.0 Å². The Hall–Kier alpha value is -6.18. The van der Waals surface area contributed by atoms with Gasteiger partial charge < -0.3 is 15.1 Å². The van der Waals surface area contributed by atoms with E-state index in [1.807, 2.05) is 36.4 Å². The van der Waals surface area contributed by atoms with Crippen LogP contribution in [0.25, 0.3) is 11.0 Å². The molecule has 0 bridgehead atoms. The van der Waals surface area contributed by atoms with E-state index in [1.165, 1.54) is 10.7 Å². The topological polar surface area (TPSA) is 181 Å². The van der Waals surface area contributed by atoms with Crippen LogP contribution in [0.15, 0.2) is 83.7 Å². The normalized spacial score (nSPS) is 16.7. The van der Waals surface area contributed by atoms with E-state index in [1.54, 1.807) is 36.8 Å². The van der Waals surface area contributed by atoms with E-state index in [4.69, 9.17) is 4.42 Å². The highest BCUT2D eigenvalue weighted by molar-refractivity contribution is 6.25. The third kappa shape index (κ3) is 5.83. The maximum atomic E-state index is 13.3. The minimum atomic E-state index is -1.04. The third-order valence-corrected chi connectivity index (χ3v) is 8.11. The van der Waals surface area contributed by atoms with Crippen LogP contribution in [0.2, 0.25) is 0 Å². The number of benzene rings is 2. The van der Waals surface area contributed by atoms with E-state index < -0.39 is 35.7 Å². The summed E-state index contributed by atoms with van der Waals surface area (Å²) in [4.78, 5) is 68.7. The first-order valence-corrected chi connectivity index (χ1v) is 15.0. The number of carbonyl (C=O) groups is 5. The van der Waals surface area contributed by atoms with Crippen LogP contribution in [0.4, 0.5) is 5.69 Å². The van der Waals surface area contributed by atoms with Gasteiger partial charge in [-0.1, -0.05) is 35.5 Å². The second-order valence-corrected chi connectivity index (χ2v) is 11.2. The number of nitrogens with zero attached hydrogens (tertiary/aromatic N) is 5. The first kappa shape index (κ1) is 29.5. The number of piperidine rings is 1. The Balaban J connectivity index is 0.984. The van der Waals surface area contributed by atoms with Gasteiger partial charge in [-0.05, 0) is 36.8 Å². The predicted octanol–water partition coefficient (Wildman–Crippen LogP) is 2.38. The molecule has 0 aliphatic carbocycles. The van der Waals surface area contributed by atoms with Crippen LogP contribution in [0.1, 0.15) is 56.6 Å². The van der Waals surface area contributed by atoms with Crippen molar-refractivity contribution in [2.45, 2.75) is 37.9 Å². The summed E-state index contributed by atoms with van der Waals surface area (Å²) >= 11 is 0. The Morgan fingerprint density at radius 2 is 1.91 bits per heavy atom. The van der Waals surface area contributed by atoms with Crippen molar-refractivity contribution in [3.05, 3.63) is 107 Å². The minimum Gasteiger partial charge on any atom is -0.459 e. The number of hydrogen-bond acceptors (Lipinski definition) is 10. The molecule has 1 saturated heterocycles. The molecule has 7 rings (SSSR count). The van der Waals surface area contributed by atoms with E-state index in [-0.39, 0.29) is 36.4 Å². The van der Waals surface area contributed by atoms with Gasteiger partial charge in [-0.2, -0.15) is 0 Å². The number of rotatable bonds is 10. The summed E-state index contributed by atoms with van der Waals surface area (Å²) in [6.07, 6.45) is 5.53. The number of aromatic nitrogens is 4. The number of amides is 5. The molecule has 2 aliphatic heterocycles. The van der Waals surface area contributed by atoms with E-state index in [0.29, 0.717) is 35.7 Å². The smallest absolute Gasteiger partial charge is 0.264 e. The molecule has 0 radical (unpaired) electrons. The number of fused-ring (bicyclic) bond motifs is 2. The highest BCUT2D eigenvalue weighted by Crippen LogP contribution is 2.32. The second-order valence-electron chi connectivity index (χ2n) is 11.2. The highest BCUT2D eigenvalue weighted by atomic mass is 16.3. The molecule has 0 saturated carbocycles. The maximum absolute atomic E-state index is 13.3. The molecule has 5 amide bonds. The summed E-state index contributed by atoms with van der Waals surface area (Å²) in [5.41, 5.74) is 2.88. The summed E-state index contributed by atoms with van der Waals surface area (Å²) in [6.45, 7) is 0.257. The largest absolute Gasteiger partial charge is 0.459 e. The monoisotopic (exact) mass is 632 g/mol. The van der Waals surface area contributed by atoms with Gasteiger partial charge in [0.2, 0.25) is 17.7 Å². The molecular formula is C33H28N8O6. The molecule has 2 aliphatic rings. The Labute approximate surface area is 267 Å². The maximum Gasteiger partial charge on any atom is 0.264 e. The molecule has 3 aromatic heterocycles. The van der Waals surface area contributed by atoms with Crippen molar-refractivity contribution >= 4 is 46.2 Å². The quantitative estimate of drug-likeness (QED) is 0.193. The van der Waals surface area contributed by atoms with Gasteiger partial charge in [-0.15, -0.1) is 5.10 Å². The zero-order chi connectivity index (χ0) is 32.5. The fourth-order valence-corrected chi connectivity index (χ4v) is 5.88. The van der Waals surface area contributed by atoms with Crippen molar-refractivity contribution in [3.63, 3.8) is 0 Å². The fraction of sp³-hybridized carbons (Fsp3) is 0.212. The summed E-state index contributed by atoms with van der Waals surface area (Å²) in [6, 6.07) is 16.4. The van der Waals surface area contributed by atoms with Crippen molar-refractivity contribution in [1.82, 2.24) is 35.5 Å². The lowest BCUT2D eigenvalue weighted by molar-refractivity contribution is -0.136. The first-order valence-electron chi connectivity index (χ1n) is 15.0. The SMILES string of the molecule is O=C1CCC(N2C(=O)c3cccc(NCCc4cn(CC(=O)NC(c5cccnc5)c5cc6ccccc6o5)nn4)c3C2=O)C(=O)N1. The van der Waals surface area contributed by atoms with Gasteiger partial charge >= 0.3 is 0 Å². The predicted molar refractivity (Wildman–Crippen MR) is 166 cm³/mol. The number of hydrogen-bond donors (Lipinski definition) is 3. The first-order chi connectivity index (χ1) is 22.9. The minimum absolute atomic E-state index is 0.0453. The van der Waals surface area contributed by atoms with Crippen molar-refractivity contribution in [1.29, 1.82) is 0 Å². The molecule has 2 unspecified atom stereocenters. The van der Waals surface area contributed by atoms with E-state index in [0.717, 1.165) is 15.8 Å².